The van der Waals surface area contributed by atoms with E-state index >= 15 is 0 Å². The van der Waals surface area contributed by atoms with E-state index in [1.165, 1.54) is 0 Å². The van der Waals surface area contributed by atoms with Gasteiger partial charge in [0.2, 0.25) is 0 Å². The fraction of sp³-hybridized carbons (Fsp3) is 0.125. The molecule has 0 bridgehead atoms. The van der Waals surface area contributed by atoms with Gasteiger partial charge in [-0.2, -0.15) is 0 Å². The van der Waals surface area contributed by atoms with Gasteiger partial charge in [0, 0.05) is 18.3 Å². The highest BCUT2D eigenvalue weighted by atomic mass is 16.1. The summed E-state index contributed by atoms with van der Waals surface area (Å²) >= 11 is 0. The maximum Gasteiger partial charge on any atom is 0.265 e. The Morgan fingerprint density at radius 3 is 3.09 bits per heavy atom. The number of amides is 1. The molecule has 3 heteroatoms. The molecule has 0 saturated carbocycles. The average Bonchev–Trinajstić information content (AvgIpc) is 2.41. The number of rotatable bonds is 1. The number of nitrogens with two attached hydrogens (primary N) is 1. The number of carbonyl (C=O) groups excluding carboxylic acids is 1. The van der Waals surface area contributed by atoms with Crippen LogP contribution in [0.15, 0.2) is 18.2 Å². The number of carbonyl (C=O) groups is 1. The van der Waals surface area contributed by atoms with Gasteiger partial charge in [0.25, 0.3) is 5.91 Å². The van der Waals surface area contributed by atoms with E-state index < -0.39 is 0 Å². The predicted octanol–water partition coefficient (Wildman–Crippen LogP) is 0.614. The van der Waals surface area contributed by atoms with Crippen LogP contribution in [0, 0.1) is 0 Å². The van der Waals surface area contributed by atoms with Crippen LogP contribution in [0.25, 0.3) is 6.20 Å². The van der Waals surface area contributed by atoms with Crippen molar-refractivity contribution in [3.05, 3.63) is 29.6 Å². The highest BCUT2D eigenvalue weighted by Gasteiger charge is 2.12. The SMILES string of the molecule is NC(=O)c1ccc2n1C=CC2. The molecular weight excluding hydrogens is 140 g/mol. The van der Waals surface area contributed by atoms with Crippen LogP contribution in [0.3, 0.4) is 0 Å². The van der Waals surface area contributed by atoms with Gasteiger partial charge in [0.1, 0.15) is 5.69 Å². The molecule has 0 spiro atoms. The number of aromatic nitrogens is 1. The minimum absolute atomic E-state index is 0.372. The molecule has 1 aromatic rings. The van der Waals surface area contributed by atoms with Gasteiger partial charge in [0.05, 0.1) is 0 Å². The number of hydrogen-bond acceptors (Lipinski definition) is 1. The minimum Gasteiger partial charge on any atom is -0.364 e. The molecule has 1 aromatic heterocycles. The fourth-order valence-electron chi connectivity index (χ4n) is 1.31. The number of fused-ring (bicyclic) bond motifs is 1. The third kappa shape index (κ3) is 0.774. The molecule has 2 N–H and O–H groups in total. The number of hydrogen-bond donors (Lipinski definition) is 1. The van der Waals surface area contributed by atoms with Crippen molar-refractivity contribution in [3.63, 3.8) is 0 Å². The molecule has 2 heterocycles. The first-order chi connectivity index (χ1) is 5.29. The van der Waals surface area contributed by atoms with Crippen molar-refractivity contribution >= 4 is 12.1 Å². The van der Waals surface area contributed by atoms with Crippen molar-refractivity contribution in [2.45, 2.75) is 6.42 Å². The van der Waals surface area contributed by atoms with E-state index in [0.717, 1.165) is 12.1 Å². The van der Waals surface area contributed by atoms with Gasteiger partial charge < -0.3 is 10.3 Å². The highest BCUT2D eigenvalue weighted by molar-refractivity contribution is 5.92. The molecule has 0 aromatic carbocycles. The van der Waals surface area contributed by atoms with Crippen LogP contribution in [-0.2, 0) is 6.42 Å². The van der Waals surface area contributed by atoms with Gasteiger partial charge in [-0.1, -0.05) is 6.08 Å². The summed E-state index contributed by atoms with van der Waals surface area (Å²) in [5, 5.41) is 0. The summed E-state index contributed by atoms with van der Waals surface area (Å²) in [4.78, 5) is 10.8. The zero-order valence-electron chi connectivity index (χ0n) is 5.95. The lowest BCUT2D eigenvalue weighted by molar-refractivity contribution is 0.0994. The molecular formula is C8H8N2O. The molecule has 1 aliphatic rings. The molecule has 2 rings (SSSR count). The van der Waals surface area contributed by atoms with Crippen LogP contribution >= 0.6 is 0 Å². The van der Waals surface area contributed by atoms with Crippen molar-refractivity contribution in [1.82, 2.24) is 4.57 Å². The summed E-state index contributed by atoms with van der Waals surface area (Å²) in [6, 6.07) is 3.67. The van der Waals surface area contributed by atoms with E-state index in [9.17, 15) is 4.79 Å². The van der Waals surface area contributed by atoms with E-state index in [-0.39, 0.29) is 5.91 Å². The molecule has 0 saturated heterocycles. The van der Waals surface area contributed by atoms with Crippen molar-refractivity contribution in [2.75, 3.05) is 0 Å². The Labute approximate surface area is 64.1 Å². The van der Waals surface area contributed by atoms with Crippen LogP contribution in [0.2, 0.25) is 0 Å². The van der Waals surface area contributed by atoms with Gasteiger partial charge >= 0.3 is 0 Å². The fourth-order valence-corrected chi connectivity index (χ4v) is 1.31. The molecule has 0 aliphatic carbocycles. The Bertz CT molecular complexity index is 336. The maximum absolute atomic E-state index is 10.8. The Kier molecular flexibility index (Phi) is 1.12. The van der Waals surface area contributed by atoms with E-state index in [0.29, 0.717) is 5.69 Å². The monoisotopic (exact) mass is 148 g/mol. The van der Waals surface area contributed by atoms with Crippen molar-refractivity contribution < 1.29 is 4.79 Å². The predicted molar refractivity (Wildman–Crippen MR) is 42.0 cm³/mol. The minimum atomic E-state index is -0.372. The Balaban J connectivity index is 2.58. The largest absolute Gasteiger partial charge is 0.364 e. The zero-order valence-corrected chi connectivity index (χ0v) is 5.95. The van der Waals surface area contributed by atoms with Gasteiger partial charge in [-0.15, -0.1) is 0 Å². The summed E-state index contributed by atoms with van der Waals surface area (Å²) in [7, 11) is 0. The van der Waals surface area contributed by atoms with E-state index in [4.69, 9.17) is 5.73 Å². The molecule has 0 atom stereocenters. The lowest BCUT2D eigenvalue weighted by Crippen LogP contribution is -2.14. The van der Waals surface area contributed by atoms with E-state index in [1.807, 2.05) is 22.9 Å². The second kappa shape index (κ2) is 1.99. The summed E-state index contributed by atoms with van der Waals surface area (Å²) in [6.45, 7) is 0. The standard InChI is InChI=1S/C8H8N2O/c9-8(11)7-4-3-6-2-1-5-10(6)7/h1,3-5H,2H2,(H2,9,11). The quantitative estimate of drug-likeness (QED) is 0.623. The molecule has 11 heavy (non-hydrogen) atoms. The zero-order chi connectivity index (χ0) is 7.84. The van der Waals surface area contributed by atoms with E-state index in [2.05, 4.69) is 0 Å². The van der Waals surface area contributed by atoms with Crippen molar-refractivity contribution in [3.8, 4) is 0 Å². The molecule has 0 fully saturated rings. The van der Waals surface area contributed by atoms with Gasteiger partial charge in [-0.05, 0) is 12.1 Å². The first kappa shape index (κ1) is 6.22. The average molecular weight is 148 g/mol. The second-order valence-corrected chi connectivity index (χ2v) is 2.53. The van der Waals surface area contributed by atoms with Crippen LogP contribution in [-0.4, -0.2) is 10.5 Å². The molecule has 1 amide bonds. The van der Waals surface area contributed by atoms with Crippen LogP contribution in [0.1, 0.15) is 16.2 Å². The summed E-state index contributed by atoms with van der Waals surface area (Å²) in [6.07, 6.45) is 4.77. The molecule has 0 radical (unpaired) electrons. The first-order valence-electron chi connectivity index (χ1n) is 3.45. The Morgan fingerprint density at radius 1 is 1.55 bits per heavy atom. The van der Waals surface area contributed by atoms with Gasteiger partial charge in [0.15, 0.2) is 0 Å². The van der Waals surface area contributed by atoms with Crippen molar-refractivity contribution in [1.29, 1.82) is 0 Å². The third-order valence-corrected chi connectivity index (χ3v) is 1.84. The number of nitrogens with zero attached hydrogens (tertiary/aromatic N) is 1. The van der Waals surface area contributed by atoms with Crippen LogP contribution in [0.5, 0.6) is 0 Å². The van der Waals surface area contributed by atoms with Crippen molar-refractivity contribution in [2.24, 2.45) is 5.73 Å². The molecule has 1 aliphatic heterocycles. The van der Waals surface area contributed by atoms with Gasteiger partial charge in [-0.3, -0.25) is 4.79 Å². The molecule has 3 nitrogen and oxygen atoms in total. The molecule has 0 unspecified atom stereocenters. The Morgan fingerprint density at radius 2 is 2.36 bits per heavy atom. The van der Waals surface area contributed by atoms with Crippen LogP contribution in [0.4, 0.5) is 0 Å². The number of allylic oxidation sites excluding steroid dienone is 1. The summed E-state index contributed by atoms with van der Waals surface area (Å²) < 4.78 is 1.82. The lowest BCUT2D eigenvalue weighted by atomic mass is 10.3. The van der Waals surface area contributed by atoms with E-state index in [1.54, 1.807) is 6.07 Å². The number of primary amides is 1. The second-order valence-electron chi connectivity index (χ2n) is 2.53. The first-order valence-corrected chi connectivity index (χ1v) is 3.45. The Hall–Kier alpha value is -1.51. The lowest BCUT2D eigenvalue weighted by Gasteiger charge is -1.97. The van der Waals surface area contributed by atoms with Gasteiger partial charge in [-0.25, -0.2) is 0 Å². The highest BCUT2D eigenvalue weighted by Crippen LogP contribution is 2.15. The summed E-state index contributed by atoms with van der Waals surface area (Å²) in [5.74, 6) is -0.372. The normalized spacial score (nSPS) is 13.5. The smallest absolute Gasteiger partial charge is 0.265 e. The molecule has 56 valence electrons. The summed E-state index contributed by atoms with van der Waals surface area (Å²) in [5.41, 5.74) is 6.83. The maximum atomic E-state index is 10.8. The third-order valence-electron chi connectivity index (χ3n) is 1.84. The van der Waals surface area contributed by atoms with Crippen LogP contribution < -0.4 is 5.73 Å². The topological polar surface area (TPSA) is 48.0 Å².